The van der Waals surface area contributed by atoms with Crippen molar-refractivity contribution in [3.8, 4) is 11.1 Å². The summed E-state index contributed by atoms with van der Waals surface area (Å²) in [6.07, 6.45) is 18.7. The average Bonchev–Trinajstić information content (AvgIpc) is 3.76. The lowest BCUT2D eigenvalue weighted by Crippen LogP contribution is -2.41. The Morgan fingerprint density at radius 1 is 0.589 bits per heavy atom. The Balaban J connectivity index is 1.08. The molecule has 3 rings (SSSR count). The number of carboxylic acids is 2. The van der Waals surface area contributed by atoms with Gasteiger partial charge in [0.15, 0.2) is 5.78 Å². The zero-order chi connectivity index (χ0) is 53.1. The van der Waals surface area contributed by atoms with Crippen molar-refractivity contribution in [2.75, 3.05) is 65.9 Å². The predicted molar refractivity (Wildman–Crippen MR) is 273 cm³/mol. The molecule has 0 bridgehead atoms. The average molecular weight is 1030 g/mol. The fourth-order valence-corrected chi connectivity index (χ4v) is 7.71. The number of unbranched alkanes of at least 4 members (excludes halogenated alkanes) is 13. The van der Waals surface area contributed by atoms with Crippen LogP contribution in [0.15, 0.2) is 30.6 Å². The molecule has 0 saturated heterocycles. The number of hydrogen-bond acceptors (Lipinski definition) is 14. The first kappa shape index (κ1) is 61.4. The zero-order valence-electron chi connectivity index (χ0n) is 43.2. The normalized spacial score (nSPS) is 11.7. The fraction of sp³-hybridized carbons (Fsp3) is 0.654. The summed E-state index contributed by atoms with van der Waals surface area (Å²) in [6.45, 7) is 6.87. The number of ether oxygens (including phenoxy) is 4. The van der Waals surface area contributed by atoms with E-state index in [4.69, 9.17) is 24.1 Å². The van der Waals surface area contributed by atoms with Gasteiger partial charge in [0.2, 0.25) is 23.6 Å². The molecule has 4 amide bonds. The van der Waals surface area contributed by atoms with Gasteiger partial charge in [0.1, 0.15) is 30.8 Å². The molecule has 2 aromatic heterocycles. The van der Waals surface area contributed by atoms with Crippen molar-refractivity contribution in [3.63, 3.8) is 0 Å². The highest BCUT2D eigenvalue weighted by Crippen LogP contribution is 2.28. The Kier molecular flexibility index (Phi) is 31.1. The number of hydrogen-bond donors (Lipinski definition) is 6. The molecule has 0 aliphatic heterocycles. The van der Waals surface area contributed by atoms with Gasteiger partial charge in [0.25, 0.3) is 0 Å². The van der Waals surface area contributed by atoms with Crippen LogP contribution in [0, 0.1) is 0 Å². The number of carboxylic acid groups (broad SMARTS) is 2. The van der Waals surface area contributed by atoms with Crippen LogP contribution in [-0.4, -0.2) is 143 Å². The Morgan fingerprint density at radius 2 is 1.10 bits per heavy atom. The second-order valence-electron chi connectivity index (χ2n) is 18.2. The summed E-state index contributed by atoms with van der Waals surface area (Å²) in [6, 6.07) is 4.73. The van der Waals surface area contributed by atoms with Crippen LogP contribution in [0.25, 0.3) is 22.0 Å². The minimum atomic E-state index is -1.19. The highest BCUT2D eigenvalue weighted by molar-refractivity contribution is 6.06. The number of aromatic nitrogens is 4. The quantitative estimate of drug-likeness (QED) is 0.0286. The number of benzene rings is 1. The van der Waals surface area contributed by atoms with Crippen molar-refractivity contribution < 1.29 is 62.7 Å². The molecule has 406 valence electrons. The molecule has 0 spiro atoms. The van der Waals surface area contributed by atoms with E-state index in [0.29, 0.717) is 17.9 Å². The fourth-order valence-electron chi connectivity index (χ4n) is 7.71. The molecular weight excluding hydrogens is 945 g/mol. The van der Waals surface area contributed by atoms with Crippen LogP contribution in [-0.2, 0) is 54.3 Å². The van der Waals surface area contributed by atoms with Crippen LogP contribution < -0.4 is 21.3 Å². The monoisotopic (exact) mass is 1020 g/mol. The highest BCUT2D eigenvalue weighted by Gasteiger charge is 2.21. The van der Waals surface area contributed by atoms with E-state index in [1.165, 1.54) is 45.4 Å². The molecule has 21 heteroatoms. The molecule has 6 N–H and O–H groups in total. The first-order chi connectivity index (χ1) is 35.2. The van der Waals surface area contributed by atoms with Crippen LogP contribution in [0.4, 0.5) is 0 Å². The van der Waals surface area contributed by atoms with Crippen molar-refractivity contribution in [2.24, 2.45) is 0 Å². The molecule has 73 heavy (non-hydrogen) atoms. The van der Waals surface area contributed by atoms with Crippen molar-refractivity contribution in [2.45, 2.75) is 155 Å². The summed E-state index contributed by atoms with van der Waals surface area (Å²) >= 11 is 0. The van der Waals surface area contributed by atoms with Crippen LogP contribution in [0.1, 0.15) is 159 Å². The second kappa shape index (κ2) is 36.9. The molecule has 0 aliphatic carbocycles. The lowest BCUT2D eigenvalue weighted by molar-refractivity contribution is -0.142. The van der Waals surface area contributed by atoms with E-state index in [1.54, 1.807) is 12.4 Å². The number of carbonyl (C=O) groups is 7. The predicted octanol–water partition coefficient (Wildman–Crippen LogP) is 5.87. The number of ketones is 1. The SMILES string of the molecule is CC(=O)c1nn(C(C)C)c2ccc(-c3cnc(CNC(=O)COCCOCCNC(=O)COCCOCCNC(=O)CC[C@H](NC(=O)CCCCCCCCCCCCCCCCC(=O)O)C(=O)O)nc3)cc12. The van der Waals surface area contributed by atoms with Gasteiger partial charge in [0, 0.05) is 68.7 Å². The number of nitrogens with zero attached hydrogens (tertiary/aromatic N) is 4. The number of amides is 4. The first-order valence-electron chi connectivity index (χ1n) is 25.9. The number of rotatable bonds is 43. The summed E-state index contributed by atoms with van der Waals surface area (Å²) in [4.78, 5) is 92.1. The topological polar surface area (TPSA) is 289 Å². The van der Waals surface area contributed by atoms with E-state index in [1.807, 2.05) is 36.7 Å². The lowest BCUT2D eigenvalue weighted by atomic mass is 10.0. The molecule has 2 heterocycles. The van der Waals surface area contributed by atoms with Crippen molar-refractivity contribution in [1.82, 2.24) is 41.0 Å². The summed E-state index contributed by atoms with van der Waals surface area (Å²) in [5.41, 5.74) is 2.89. The van der Waals surface area contributed by atoms with Gasteiger partial charge in [-0.2, -0.15) is 5.10 Å². The Morgan fingerprint density at radius 3 is 1.62 bits per heavy atom. The third kappa shape index (κ3) is 27.1. The first-order valence-corrected chi connectivity index (χ1v) is 25.9. The Bertz CT molecular complexity index is 2130. The zero-order valence-corrected chi connectivity index (χ0v) is 43.2. The minimum absolute atomic E-state index is 0.0344. The summed E-state index contributed by atoms with van der Waals surface area (Å²) in [5.74, 6) is -2.97. The summed E-state index contributed by atoms with van der Waals surface area (Å²) in [5, 5.41) is 34.1. The van der Waals surface area contributed by atoms with Crippen molar-refractivity contribution in [1.29, 1.82) is 0 Å². The molecule has 0 radical (unpaired) electrons. The minimum Gasteiger partial charge on any atom is -0.481 e. The maximum absolute atomic E-state index is 12.4. The Hall–Kier alpha value is -5.90. The molecule has 3 aromatic rings. The number of nitrogens with one attached hydrogen (secondary N) is 4. The molecule has 21 nitrogen and oxygen atoms in total. The van der Waals surface area contributed by atoms with Gasteiger partial charge in [-0.3, -0.25) is 33.4 Å². The largest absolute Gasteiger partial charge is 0.481 e. The lowest BCUT2D eigenvalue weighted by Gasteiger charge is -2.14. The van der Waals surface area contributed by atoms with Gasteiger partial charge in [-0.1, -0.05) is 83.1 Å². The van der Waals surface area contributed by atoms with Crippen LogP contribution in [0.3, 0.4) is 0 Å². The third-order valence-electron chi connectivity index (χ3n) is 11.7. The van der Waals surface area contributed by atoms with Gasteiger partial charge in [-0.15, -0.1) is 0 Å². The molecule has 0 saturated carbocycles. The van der Waals surface area contributed by atoms with Crippen molar-refractivity contribution in [3.05, 3.63) is 42.1 Å². The molecule has 1 atom stereocenters. The summed E-state index contributed by atoms with van der Waals surface area (Å²) < 4.78 is 23.4. The van der Waals surface area contributed by atoms with Gasteiger partial charge in [0.05, 0.1) is 51.7 Å². The standard InChI is InChI=1S/C52H80N8O13/c1-38(2)60-44-22-20-40(32-42(44)51(59-60)39(3)61)41-33-55-45(56-34-41)35-57-49(65)37-73-31-29-71-27-25-54-48(64)36-72-30-28-70-26-24-53-46(62)23-21-43(52(68)69)58-47(63)18-16-14-12-10-8-6-4-5-7-9-11-13-15-17-19-50(66)67/h20,22,32-34,38,43H,4-19,21,23-31,35-37H2,1-3H3,(H,53,62)(H,54,64)(H,57,65)(H,58,63)(H,66,67)(H,68,69)/t43-/m0/s1. The maximum atomic E-state index is 12.4. The Labute approximate surface area is 429 Å². The van der Waals surface area contributed by atoms with Gasteiger partial charge < -0.3 is 50.4 Å². The van der Waals surface area contributed by atoms with E-state index >= 15 is 0 Å². The number of fused-ring (bicyclic) bond motifs is 1. The number of aliphatic carboxylic acids is 2. The van der Waals surface area contributed by atoms with E-state index in [-0.39, 0.29) is 134 Å². The molecule has 0 fully saturated rings. The van der Waals surface area contributed by atoms with Crippen LogP contribution >= 0.6 is 0 Å². The maximum Gasteiger partial charge on any atom is 0.326 e. The molecule has 0 unspecified atom stereocenters. The van der Waals surface area contributed by atoms with E-state index in [9.17, 15) is 38.7 Å². The smallest absolute Gasteiger partial charge is 0.326 e. The second-order valence-corrected chi connectivity index (χ2v) is 18.2. The van der Waals surface area contributed by atoms with E-state index < -0.39 is 18.0 Å². The number of Topliss-reactive ketones (excluding diaryl/α,β-unsaturated/α-hetero) is 1. The number of carbonyl (C=O) groups excluding carboxylic acids is 5. The highest BCUT2D eigenvalue weighted by atomic mass is 16.5. The van der Waals surface area contributed by atoms with E-state index in [2.05, 4.69) is 36.3 Å². The third-order valence-corrected chi connectivity index (χ3v) is 11.7. The van der Waals surface area contributed by atoms with Gasteiger partial charge >= 0.3 is 11.9 Å². The molecule has 0 aliphatic rings. The van der Waals surface area contributed by atoms with Crippen LogP contribution in [0.2, 0.25) is 0 Å². The molecule has 1 aromatic carbocycles. The van der Waals surface area contributed by atoms with Crippen LogP contribution in [0.5, 0.6) is 0 Å². The van der Waals surface area contributed by atoms with Gasteiger partial charge in [-0.25, -0.2) is 14.8 Å². The molecular formula is C52H80N8O13. The van der Waals surface area contributed by atoms with Gasteiger partial charge in [-0.05, 0) is 50.8 Å². The summed E-state index contributed by atoms with van der Waals surface area (Å²) in [7, 11) is 0. The van der Waals surface area contributed by atoms with E-state index in [0.717, 1.165) is 67.0 Å². The van der Waals surface area contributed by atoms with Crippen molar-refractivity contribution >= 4 is 52.3 Å².